The van der Waals surface area contributed by atoms with E-state index in [2.05, 4.69) is 10.3 Å². The van der Waals surface area contributed by atoms with Gasteiger partial charge >= 0.3 is 0 Å². The predicted molar refractivity (Wildman–Crippen MR) is 69.5 cm³/mol. The number of halogens is 1. The lowest BCUT2D eigenvalue weighted by Gasteiger charge is -2.11. The number of hydrogen-bond acceptors (Lipinski definition) is 4. The van der Waals surface area contributed by atoms with Gasteiger partial charge in [0, 0.05) is 25.5 Å². The monoisotopic (exact) mass is 265 g/mol. The first-order chi connectivity index (χ1) is 8.67. The average Bonchev–Trinajstić information content (AvgIpc) is 2.91. The molecule has 0 amide bonds. The largest absolute Gasteiger partial charge is 0.496 e. The van der Waals surface area contributed by atoms with Crippen LogP contribution in [0.15, 0.2) is 30.9 Å². The van der Waals surface area contributed by atoms with Crippen molar-refractivity contribution in [1.29, 1.82) is 0 Å². The van der Waals surface area contributed by atoms with E-state index in [9.17, 15) is 4.79 Å². The van der Waals surface area contributed by atoms with Crippen molar-refractivity contribution in [2.45, 2.75) is 0 Å². The van der Waals surface area contributed by atoms with Gasteiger partial charge in [0.05, 0.1) is 23.4 Å². The molecule has 0 aliphatic rings. The fraction of sp³-hybridized carbons (Fsp3) is 0.167. The summed E-state index contributed by atoms with van der Waals surface area (Å²) in [6, 6.07) is 3.26. The summed E-state index contributed by atoms with van der Waals surface area (Å²) in [5.41, 5.74) is 1.09. The summed E-state index contributed by atoms with van der Waals surface area (Å²) >= 11 is 6.07. The number of rotatable bonds is 3. The normalized spacial score (nSPS) is 10.2. The van der Waals surface area contributed by atoms with E-state index in [4.69, 9.17) is 16.3 Å². The van der Waals surface area contributed by atoms with Crippen molar-refractivity contribution >= 4 is 23.2 Å². The summed E-state index contributed by atoms with van der Waals surface area (Å²) in [6.07, 6.45) is 4.54. The van der Waals surface area contributed by atoms with Crippen molar-refractivity contribution in [3.63, 3.8) is 0 Å². The lowest BCUT2D eigenvalue weighted by molar-refractivity contribution is 0.0957. The molecule has 2 aromatic rings. The summed E-state index contributed by atoms with van der Waals surface area (Å²) in [4.78, 5) is 16.0. The highest BCUT2D eigenvalue weighted by atomic mass is 35.5. The third-order valence-corrected chi connectivity index (χ3v) is 2.84. The molecule has 6 heteroatoms. The van der Waals surface area contributed by atoms with Crippen molar-refractivity contribution in [3.8, 4) is 5.75 Å². The summed E-state index contributed by atoms with van der Waals surface area (Å²) in [5.74, 6) is 0.219. The van der Waals surface area contributed by atoms with Gasteiger partial charge in [-0.05, 0) is 6.07 Å². The molecule has 1 heterocycles. The summed E-state index contributed by atoms with van der Waals surface area (Å²) in [7, 11) is 3.26. The van der Waals surface area contributed by atoms with Crippen LogP contribution < -0.4 is 10.1 Å². The minimum Gasteiger partial charge on any atom is -0.496 e. The first-order valence-electron chi connectivity index (χ1n) is 5.25. The molecule has 5 nitrogen and oxygen atoms in total. The molecule has 0 saturated heterocycles. The Bertz CT molecular complexity index is 567. The molecule has 18 heavy (non-hydrogen) atoms. The van der Waals surface area contributed by atoms with Crippen LogP contribution in [0.5, 0.6) is 5.75 Å². The maximum atomic E-state index is 12.2. The summed E-state index contributed by atoms with van der Waals surface area (Å²) < 4.78 is 6.58. The predicted octanol–water partition coefficient (Wildman–Crippen LogP) is 2.28. The number of ether oxygens (including phenoxy) is 1. The van der Waals surface area contributed by atoms with Crippen LogP contribution >= 0.6 is 11.6 Å². The van der Waals surface area contributed by atoms with E-state index in [0.29, 0.717) is 22.0 Å². The maximum Gasteiger partial charge on any atom is 0.266 e. The molecule has 0 unspecified atom stereocenters. The molecule has 0 aliphatic carbocycles. The first kappa shape index (κ1) is 12.4. The Hall–Kier alpha value is -2.01. The number of hydrogen-bond donors (Lipinski definition) is 1. The molecule has 0 radical (unpaired) electrons. The molecule has 0 fully saturated rings. The second kappa shape index (κ2) is 5.10. The van der Waals surface area contributed by atoms with Crippen LogP contribution in [0.1, 0.15) is 10.4 Å². The fourth-order valence-electron chi connectivity index (χ4n) is 1.60. The zero-order chi connectivity index (χ0) is 13.1. The van der Waals surface area contributed by atoms with Crippen molar-refractivity contribution in [2.24, 2.45) is 0 Å². The second-order valence-electron chi connectivity index (χ2n) is 3.56. The Labute approximate surface area is 109 Å². The Morgan fingerprint density at radius 3 is 2.83 bits per heavy atom. The van der Waals surface area contributed by atoms with Crippen molar-refractivity contribution in [1.82, 2.24) is 9.55 Å². The third-order valence-electron chi connectivity index (χ3n) is 2.53. The molecule has 0 atom stereocenters. The van der Waals surface area contributed by atoms with Crippen LogP contribution in [0, 0.1) is 0 Å². The van der Waals surface area contributed by atoms with E-state index in [-0.39, 0.29) is 5.91 Å². The number of imidazole rings is 1. The molecular weight excluding hydrogens is 254 g/mol. The standard InChI is InChI=1S/C12H12ClN3O2/c1-14-10-6-11(18-2)8(5-9(10)13)12(17)16-4-3-15-7-16/h3-7,14H,1-2H3. The molecule has 0 spiro atoms. The highest BCUT2D eigenvalue weighted by Gasteiger charge is 2.16. The number of aromatic nitrogens is 2. The molecule has 2 rings (SSSR count). The van der Waals surface area contributed by atoms with E-state index >= 15 is 0 Å². The minimum atomic E-state index is -0.242. The van der Waals surface area contributed by atoms with Gasteiger partial charge in [-0.3, -0.25) is 9.36 Å². The number of nitrogens with zero attached hydrogens (tertiary/aromatic N) is 2. The lowest BCUT2D eigenvalue weighted by atomic mass is 10.1. The van der Waals surface area contributed by atoms with Crippen molar-refractivity contribution < 1.29 is 9.53 Å². The lowest BCUT2D eigenvalue weighted by Crippen LogP contribution is -2.11. The Balaban J connectivity index is 2.50. The van der Waals surface area contributed by atoms with Gasteiger partial charge < -0.3 is 10.1 Å². The topological polar surface area (TPSA) is 56.1 Å². The second-order valence-corrected chi connectivity index (χ2v) is 3.96. The number of methoxy groups -OCH3 is 1. The quantitative estimate of drug-likeness (QED) is 0.925. The van der Waals surface area contributed by atoms with E-state index in [1.165, 1.54) is 24.2 Å². The van der Waals surface area contributed by atoms with E-state index in [0.717, 1.165) is 0 Å². The summed E-state index contributed by atoms with van der Waals surface area (Å²) in [5, 5.41) is 3.39. The summed E-state index contributed by atoms with van der Waals surface area (Å²) in [6.45, 7) is 0. The minimum absolute atomic E-state index is 0.242. The first-order valence-corrected chi connectivity index (χ1v) is 5.63. The maximum absolute atomic E-state index is 12.2. The zero-order valence-electron chi connectivity index (χ0n) is 9.98. The van der Waals surface area contributed by atoms with Crippen LogP contribution in [0.4, 0.5) is 5.69 Å². The number of nitrogens with one attached hydrogen (secondary N) is 1. The van der Waals surface area contributed by atoms with Gasteiger partial charge in [0.2, 0.25) is 0 Å². The number of benzene rings is 1. The van der Waals surface area contributed by atoms with Gasteiger partial charge in [-0.15, -0.1) is 0 Å². The Morgan fingerprint density at radius 1 is 1.50 bits per heavy atom. The zero-order valence-corrected chi connectivity index (χ0v) is 10.7. The van der Waals surface area contributed by atoms with Crippen LogP contribution in [-0.2, 0) is 0 Å². The highest BCUT2D eigenvalue weighted by molar-refractivity contribution is 6.33. The molecule has 0 saturated carbocycles. The third kappa shape index (κ3) is 2.17. The number of anilines is 1. The van der Waals surface area contributed by atoms with Gasteiger partial charge in [-0.1, -0.05) is 11.6 Å². The molecule has 0 aliphatic heterocycles. The van der Waals surface area contributed by atoms with Crippen LogP contribution in [0.3, 0.4) is 0 Å². The van der Waals surface area contributed by atoms with Crippen LogP contribution in [-0.4, -0.2) is 29.6 Å². The van der Waals surface area contributed by atoms with E-state index < -0.39 is 0 Å². The van der Waals surface area contributed by atoms with Gasteiger partial charge in [0.25, 0.3) is 5.91 Å². The Morgan fingerprint density at radius 2 is 2.28 bits per heavy atom. The van der Waals surface area contributed by atoms with Crippen LogP contribution in [0.25, 0.3) is 0 Å². The molecule has 1 aromatic heterocycles. The fourth-order valence-corrected chi connectivity index (χ4v) is 1.86. The smallest absolute Gasteiger partial charge is 0.266 e. The van der Waals surface area contributed by atoms with E-state index in [1.807, 2.05) is 0 Å². The number of carbonyl (C=O) groups excluding carboxylic acids is 1. The molecule has 1 N–H and O–H groups in total. The van der Waals surface area contributed by atoms with Gasteiger partial charge in [-0.25, -0.2) is 4.98 Å². The van der Waals surface area contributed by atoms with Gasteiger partial charge in [0.15, 0.2) is 0 Å². The highest BCUT2D eigenvalue weighted by Crippen LogP contribution is 2.31. The van der Waals surface area contributed by atoms with Crippen LogP contribution in [0.2, 0.25) is 5.02 Å². The average molecular weight is 266 g/mol. The van der Waals surface area contributed by atoms with Crippen molar-refractivity contribution in [3.05, 3.63) is 41.4 Å². The molecule has 1 aromatic carbocycles. The van der Waals surface area contributed by atoms with Gasteiger partial charge in [0.1, 0.15) is 12.1 Å². The molecular formula is C12H12ClN3O2. The van der Waals surface area contributed by atoms with E-state index in [1.54, 1.807) is 25.4 Å². The molecule has 94 valence electrons. The SMILES string of the molecule is CNc1cc(OC)c(C(=O)n2ccnc2)cc1Cl. The molecule has 0 bridgehead atoms. The van der Waals surface area contributed by atoms with Gasteiger partial charge in [-0.2, -0.15) is 0 Å². The Kier molecular flexibility index (Phi) is 3.53. The van der Waals surface area contributed by atoms with Crippen molar-refractivity contribution in [2.75, 3.05) is 19.5 Å². The number of carbonyl (C=O) groups is 1.